The number of benzene rings is 2. The Bertz CT molecular complexity index is 1110. The van der Waals surface area contributed by atoms with Crippen LogP contribution >= 0.6 is 24.4 Å². The number of piperidine rings is 1. The number of amides is 2. The molecule has 0 radical (unpaired) electrons. The van der Waals surface area contributed by atoms with E-state index in [1.165, 1.54) is 4.31 Å². The standard InChI is InChI=1S/C21H19ClN6OS/c22-15-3-6-18-19(11-15)24-13-25-20(18)27-9-7-17(8-10-27)28(30)21(29)26-16-4-1-14(12-23)2-5-16/h1-6,11,13,17,30H,7-10H2,(H,26,29). The molecule has 1 aliphatic heterocycles. The lowest BCUT2D eigenvalue weighted by Crippen LogP contribution is -2.45. The third-order valence-electron chi connectivity index (χ3n) is 5.16. The quantitative estimate of drug-likeness (QED) is 0.588. The molecular formula is C21H19ClN6OS. The number of nitrogens with one attached hydrogen (secondary N) is 1. The summed E-state index contributed by atoms with van der Waals surface area (Å²) in [4.78, 5) is 23.5. The minimum atomic E-state index is -0.288. The van der Waals surface area contributed by atoms with Crippen LogP contribution in [0.15, 0.2) is 48.8 Å². The maximum Gasteiger partial charge on any atom is 0.331 e. The van der Waals surface area contributed by atoms with E-state index < -0.39 is 0 Å². The third kappa shape index (κ3) is 4.27. The molecule has 2 aromatic carbocycles. The Morgan fingerprint density at radius 1 is 1.20 bits per heavy atom. The van der Waals surface area contributed by atoms with Crippen molar-refractivity contribution in [1.82, 2.24) is 14.3 Å². The fourth-order valence-corrected chi connectivity index (χ4v) is 4.01. The van der Waals surface area contributed by atoms with Gasteiger partial charge in [-0.3, -0.25) is 4.31 Å². The summed E-state index contributed by atoms with van der Waals surface area (Å²) in [5, 5.41) is 13.3. The lowest BCUT2D eigenvalue weighted by molar-refractivity contribution is 0.223. The summed E-state index contributed by atoms with van der Waals surface area (Å²) in [6, 6.07) is 14.1. The largest absolute Gasteiger partial charge is 0.356 e. The molecule has 4 rings (SSSR count). The van der Waals surface area contributed by atoms with Gasteiger partial charge in [-0.2, -0.15) is 5.26 Å². The van der Waals surface area contributed by atoms with Crippen molar-refractivity contribution in [2.75, 3.05) is 23.3 Å². The summed E-state index contributed by atoms with van der Waals surface area (Å²) in [6.45, 7) is 1.50. The van der Waals surface area contributed by atoms with Crippen molar-refractivity contribution in [3.63, 3.8) is 0 Å². The molecule has 0 saturated carbocycles. The molecule has 1 aliphatic rings. The molecule has 0 aliphatic carbocycles. The lowest BCUT2D eigenvalue weighted by Gasteiger charge is -2.36. The Morgan fingerprint density at radius 2 is 1.93 bits per heavy atom. The first-order valence-corrected chi connectivity index (χ1v) is 10.3. The highest BCUT2D eigenvalue weighted by molar-refractivity contribution is 7.78. The first-order chi connectivity index (χ1) is 14.5. The summed E-state index contributed by atoms with van der Waals surface area (Å²) in [7, 11) is 0. The number of hydrogen-bond acceptors (Lipinski definition) is 6. The number of nitrogens with zero attached hydrogens (tertiary/aromatic N) is 5. The molecule has 2 amide bonds. The zero-order valence-corrected chi connectivity index (χ0v) is 17.6. The minimum Gasteiger partial charge on any atom is -0.356 e. The van der Waals surface area contributed by atoms with Crippen molar-refractivity contribution in [2.24, 2.45) is 0 Å². The second-order valence-electron chi connectivity index (χ2n) is 7.04. The average Bonchev–Trinajstić information content (AvgIpc) is 2.78. The van der Waals surface area contributed by atoms with Crippen LogP contribution in [0.5, 0.6) is 0 Å². The molecule has 1 aromatic heterocycles. The van der Waals surface area contributed by atoms with Crippen molar-refractivity contribution < 1.29 is 4.79 Å². The molecule has 9 heteroatoms. The fourth-order valence-electron chi connectivity index (χ4n) is 3.56. The molecule has 30 heavy (non-hydrogen) atoms. The summed E-state index contributed by atoms with van der Waals surface area (Å²) >= 11 is 10.5. The van der Waals surface area contributed by atoms with Crippen LogP contribution in [0.4, 0.5) is 16.3 Å². The summed E-state index contributed by atoms with van der Waals surface area (Å²) in [5.74, 6) is 0.878. The average molecular weight is 439 g/mol. The number of fused-ring (bicyclic) bond motifs is 1. The van der Waals surface area contributed by atoms with Crippen LogP contribution in [0.1, 0.15) is 18.4 Å². The number of anilines is 2. The van der Waals surface area contributed by atoms with Gasteiger partial charge in [0.05, 0.1) is 17.1 Å². The Morgan fingerprint density at radius 3 is 2.63 bits per heavy atom. The van der Waals surface area contributed by atoms with Gasteiger partial charge in [0.15, 0.2) is 0 Å². The van der Waals surface area contributed by atoms with Gasteiger partial charge in [0.2, 0.25) is 0 Å². The van der Waals surface area contributed by atoms with Crippen LogP contribution in [0.3, 0.4) is 0 Å². The van der Waals surface area contributed by atoms with Gasteiger partial charge in [-0.25, -0.2) is 14.8 Å². The van der Waals surface area contributed by atoms with E-state index in [9.17, 15) is 4.79 Å². The van der Waals surface area contributed by atoms with Crippen molar-refractivity contribution in [2.45, 2.75) is 18.9 Å². The van der Waals surface area contributed by atoms with Crippen LogP contribution in [0.2, 0.25) is 5.02 Å². The lowest BCUT2D eigenvalue weighted by atomic mass is 10.0. The molecule has 0 atom stereocenters. The van der Waals surface area contributed by atoms with Gasteiger partial charge in [0.1, 0.15) is 12.1 Å². The van der Waals surface area contributed by atoms with Crippen molar-refractivity contribution in [3.8, 4) is 6.07 Å². The Hall–Kier alpha value is -3.02. The minimum absolute atomic E-state index is 0.00510. The number of urea groups is 1. The number of carbonyl (C=O) groups is 1. The van der Waals surface area contributed by atoms with E-state index in [1.54, 1.807) is 30.6 Å². The molecule has 0 unspecified atom stereocenters. The molecule has 7 nitrogen and oxygen atoms in total. The van der Waals surface area contributed by atoms with E-state index in [-0.39, 0.29) is 12.1 Å². The molecule has 2 heterocycles. The number of aromatic nitrogens is 2. The van der Waals surface area contributed by atoms with Gasteiger partial charge >= 0.3 is 6.03 Å². The zero-order chi connectivity index (χ0) is 21.1. The fraction of sp³-hybridized carbons (Fsp3) is 0.238. The monoisotopic (exact) mass is 438 g/mol. The smallest absolute Gasteiger partial charge is 0.331 e. The molecule has 3 aromatic rings. The van der Waals surface area contributed by atoms with Crippen molar-refractivity contribution in [3.05, 3.63) is 59.4 Å². The van der Waals surface area contributed by atoms with Crippen LogP contribution in [-0.4, -0.2) is 39.4 Å². The normalized spacial score (nSPS) is 14.4. The Labute approximate surface area is 184 Å². The first-order valence-electron chi connectivity index (χ1n) is 9.49. The van der Waals surface area contributed by atoms with Crippen LogP contribution in [-0.2, 0) is 0 Å². The van der Waals surface area contributed by atoms with Crippen molar-refractivity contribution in [1.29, 1.82) is 5.26 Å². The van der Waals surface area contributed by atoms with E-state index in [0.717, 1.165) is 42.7 Å². The van der Waals surface area contributed by atoms with Crippen LogP contribution in [0, 0.1) is 11.3 Å². The molecule has 0 bridgehead atoms. The van der Waals surface area contributed by atoms with Gasteiger partial charge in [-0.05, 0) is 55.3 Å². The maximum absolute atomic E-state index is 12.6. The predicted octanol–water partition coefficient (Wildman–Crippen LogP) is 4.50. The molecule has 1 saturated heterocycles. The van der Waals surface area contributed by atoms with E-state index >= 15 is 0 Å². The summed E-state index contributed by atoms with van der Waals surface area (Å²) < 4.78 is 1.45. The van der Waals surface area contributed by atoms with E-state index in [4.69, 9.17) is 16.9 Å². The first kappa shape index (κ1) is 20.3. The highest BCUT2D eigenvalue weighted by atomic mass is 35.5. The third-order valence-corrected chi connectivity index (χ3v) is 5.90. The molecule has 1 fully saturated rings. The Balaban J connectivity index is 1.39. The topological polar surface area (TPSA) is 85.2 Å². The number of hydrogen-bond donors (Lipinski definition) is 2. The zero-order valence-electron chi connectivity index (χ0n) is 16.0. The highest BCUT2D eigenvalue weighted by Crippen LogP contribution is 2.29. The summed E-state index contributed by atoms with van der Waals surface area (Å²) in [6.07, 6.45) is 3.09. The SMILES string of the molecule is N#Cc1ccc(NC(=O)N(S)C2CCN(c3ncnc4cc(Cl)ccc34)CC2)cc1. The molecule has 152 valence electrons. The summed E-state index contributed by atoms with van der Waals surface area (Å²) in [5.41, 5.74) is 1.98. The molecular weight excluding hydrogens is 420 g/mol. The van der Waals surface area contributed by atoms with Gasteiger partial charge in [-0.1, -0.05) is 24.4 Å². The second-order valence-corrected chi connectivity index (χ2v) is 7.91. The molecule has 0 spiro atoms. The van der Waals surface area contributed by atoms with Crippen LogP contribution in [0.25, 0.3) is 10.9 Å². The van der Waals surface area contributed by atoms with E-state index in [1.807, 2.05) is 18.2 Å². The number of rotatable bonds is 3. The number of nitriles is 1. The van der Waals surface area contributed by atoms with Gasteiger partial charge in [0.25, 0.3) is 0 Å². The molecule has 1 N–H and O–H groups in total. The van der Waals surface area contributed by atoms with E-state index in [0.29, 0.717) is 16.3 Å². The van der Waals surface area contributed by atoms with Gasteiger partial charge < -0.3 is 10.2 Å². The number of halogens is 1. The van der Waals surface area contributed by atoms with Crippen LogP contribution < -0.4 is 10.2 Å². The highest BCUT2D eigenvalue weighted by Gasteiger charge is 2.27. The van der Waals surface area contributed by atoms with Gasteiger partial charge in [0, 0.05) is 35.2 Å². The second kappa shape index (κ2) is 8.78. The van der Waals surface area contributed by atoms with E-state index in [2.05, 4.69) is 39.1 Å². The number of thiol groups is 1. The maximum atomic E-state index is 12.6. The Kier molecular flexibility index (Phi) is 5.93. The van der Waals surface area contributed by atoms with Crippen molar-refractivity contribution >= 4 is 52.9 Å². The number of carbonyl (C=O) groups excluding carboxylic acids is 1. The van der Waals surface area contributed by atoms with Gasteiger partial charge in [-0.15, -0.1) is 0 Å². The predicted molar refractivity (Wildman–Crippen MR) is 121 cm³/mol.